The molecule has 3 atom stereocenters. The van der Waals surface area contributed by atoms with Crippen molar-refractivity contribution in [3.05, 3.63) is 12.2 Å². The van der Waals surface area contributed by atoms with E-state index < -0.39 is 5.97 Å². The number of carboxylic acids is 1. The minimum atomic E-state index is -0.736. The molecule has 1 heterocycles. The van der Waals surface area contributed by atoms with E-state index in [0.29, 0.717) is 43.7 Å². The van der Waals surface area contributed by atoms with Gasteiger partial charge < -0.3 is 15.3 Å². The van der Waals surface area contributed by atoms with Gasteiger partial charge in [-0.1, -0.05) is 12.2 Å². The van der Waals surface area contributed by atoms with Crippen molar-refractivity contribution in [1.29, 1.82) is 0 Å². The fourth-order valence-electron chi connectivity index (χ4n) is 3.95. The standard InChI is InChI=1S/C16H24N2O3/c19-15(20)13-5-7-18(8-6-13)16(21)17-10-14-9-11-1-3-12(14)4-2-11/h1,3,11-14H,2,4-10H2,(H,17,21)(H,19,20). The van der Waals surface area contributed by atoms with Gasteiger partial charge in [0.1, 0.15) is 0 Å². The van der Waals surface area contributed by atoms with Gasteiger partial charge in [0, 0.05) is 19.6 Å². The van der Waals surface area contributed by atoms with E-state index in [1.807, 2.05) is 0 Å². The van der Waals surface area contributed by atoms with Crippen molar-refractivity contribution < 1.29 is 14.7 Å². The molecule has 2 amide bonds. The summed E-state index contributed by atoms with van der Waals surface area (Å²) in [6, 6.07) is -0.0238. The van der Waals surface area contributed by atoms with E-state index in [1.54, 1.807) is 4.90 Å². The molecule has 4 aliphatic rings. The molecule has 2 fully saturated rings. The molecule has 1 saturated heterocycles. The number of piperidine rings is 1. The van der Waals surface area contributed by atoms with Crippen LogP contribution in [-0.4, -0.2) is 41.6 Å². The zero-order valence-electron chi connectivity index (χ0n) is 12.3. The van der Waals surface area contributed by atoms with Crippen LogP contribution in [0.2, 0.25) is 0 Å². The number of carbonyl (C=O) groups excluding carboxylic acids is 1. The van der Waals surface area contributed by atoms with Crippen LogP contribution < -0.4 is 5.32 Å². The average Bonchev–Trinajstić information content (AvgIpc) is 2.54. The van der Waals surface area contributed by atoms with Crippen LogP contribution >= 0.6 is 0 Å². The maximum Gasteiger partial charge on any atom is 0.317 e. The highest BCUT2D eigenvalue weighted by Gasteiger charge is 2.32. The first-order chi connectivity index (χ1) is 10.1. The Bertz CT molecular complexity index is 441. The van der Waals surface area contributed by atoms with E-state index in [2.05, 4.69) is 17.5 Å². The van der Waals surface area contributed by atoms with Gasteiger partial charge in [0.2, 0.25) is 0 Å². The monoisotopic (exact) mass is 292 g/mol. The van der Waals surface area contributed by atoms with Gasteiger partial charge in [0.15, 0.2) is 0 Å². The van der Waals surface area contributed by atoms with Crippen LogP contribution in [0, 0.1) is 23.7 Å². The summed E-state index contributed by atoms with van der Waals surface area (Å²) in [6.45, 7) is 1.86. The summed E-state index contributed by atoms with van der Waals surface area (Å²) in [6.07, 6.45) is 9.55. The highest BCUT2D eigenvalue weighted by molar-refractivity contribution is 5.75. The molecule has 3 aliphatic carbocycles. The topological polar surface area (TPSA) is 69.6 Å². The lowest BCUT2D eigenvalue weighted by atomic mass is 9.69. The van der Waals surface area contributed by atoms with E-state index >= 15 is 0 Å². The molecule has 3 unspecified atom stereocenters. The SMILES string of the molecule is O=C(O)C1CCN(C(=O)NCC2CC3C=CC2CC3)CC1. The number of allylic oxidation sites excluding steroid dienone is 2. The molecule has 5 nitrogen and oxygen atoms in total. The zero-order valence-corrected chi connectivity index (χ0v) is 12.3. The number of amides is 2. The van der Waals surface area contributed by atoms with Gasteiger partial charge in [0.25, 0.3) is 0 Å². The lowest BCUT2D eigenvalue weighted by Gasteiger charge is -2.38. The van der Waals surface area contributed by atoms with Crippen LogP contribution in [0.3, 0.4) is 0 Å². The van der Waals surface area contributed by atoms with Gasteiger partial charge in [0.05, 0.1) is 5.92 Å². The van der Waals surface area contributed by atoms with Gasteiger partial charge >= 0.3 is 12.0 Å². The second-order valence-corrected chi connectivity index (χ2v) is 6.67. The first kappa shape index (κ1) is 14.4. The molecule has 116 valence electrons. The van der Waals surface area contributed by atoms with E-state index in [9.17, 15) is 9.59 Å². The molecule has 2 N–H and O–H groups in total. The van der Waals surface area contributed by atoms with Gasteiger partial charge in [-0.05, 0) is 49.9 Å². The van der Waals surface area contributed by atoms with E-state index in [-0.39, 0.29) is 11.9 Å². The maximum absolute atomic E-state index is 12.2. The summed E-state index contributed by atoms with van der Waals surface area (Å²) < 4.78 is 0. The van der Waals surface area contributed by atoms with Crippen molar-refractivity contribution in [3.63, 3.8) is 0 Å². The highest BCUT2D eigenvalue weighted by atomic mass is 16.4. The summed E-state index contributed by atoms with van der Waals surface area (Å²) in [5, 5.41) is 12.0. The fraction of sp³-hybridized carbons (Fsp3) is 0.750. The van der Waals surface area contributed by atoms with Crippen molar-refractivity contribution in [2.24, 2.45) is 23.7 Å². The smallest absolute Gasteiger partial charge is 0.317 e. The quantitative estimate of drug-likeness (QED) is 0.783. The minimum Gasteiger partial charge on any atom is -0.481 e. The molecule has 0 spiro atoms. The summed E-state index contributed by atoms with van der Waals surface area (Å²) in [4.78, 5) is 24.8. The first-order valence-electron chi connectivity index (χ1n) is 8.07. The molecule has 5 heteroatoms. The second-order valence-electron chi connectivity index (χ2n) is 6.67. The van der Waals surface area contributed by atoms with Crippen LogP contribution in [0.25, 0.3) is 0 Å². The number of nitrogens with one attached hydrogen (secondary N) is 1. The number of likely N-dealkylation sites (tertiary alicyclic amines) is 1. The number of urea groups is 1. The number of nitrogens with zero attached hydrogens (tertiary/aromatic N) is 1. The molecular weight excluding hydrogens is 268 g/mol. The Kier molecular flexibility index (Phi) is 4.17. The molecule has 4 rings (SSSR count). The lowest BCUT2D eigenvalue weighted by molar-refractivity contribution is -0.143. The number of aliphatic carboxylic acids is 1. The van der Waals surface area contributed by atoms with Gasteiger partial charge in [-0.15, -0.1) is 0 Å². The third-order valence-electron chi connectivity index (χ3n) is 5.36. The normalized spacial score (nSPS) is 32.2. The Morgan fingerprint density at radius 1 is 1.14 bits per heavy atom. The highest BCUT2D eigenvalue weighted by Crippen LogP contribution is 2.39. The lowest BCUT2D eigenvalue weighted by Crippen LogP contribution is -2.47. The predicted octanol–water partition coefficient (Wildman–Crippen LogP) is 2.09. The number of rotatable bonds is 3. The second kappa shape index (κ2) is 6.08. The first-order valence-corrected chi connectivity index (χ1v) is 8.07. The summed E-state index contributed by atoms with van der Waals surface area (Å²) in [5.41, 5.74) is 0. The Morgan fingerprint density at radius 3 is 2.43 bits per heavy atom. The van der Waals surface area contributed by atoms with Gasteiger partial charge in [-0.25, -0.2) is 4.79 Å². The number of carbonyl (C=O) groups is 2. The number of hydrogen-bond acceptors (Lipinski definition) is 2. The Morgan fingerprint density at radius 2 is 1.90 bits per heavy atom. The van der Waals surface area contributed by atoms with Crippen LogP contribution in [-0.2, 0) is 4.79 Å². The van der Waals surface area contributed by atoms with E-state index in [0.717, 1.165) is 6.54 Å². The number of carboxylic acid groups (broad SMARTS) is 1. The Balaban J connectivity index is 1.43. The van der Waals surface area contributed by atoms with E-state index in [4.69, 9.17) is 5.11 Å². The largest absolute Gasteiger partial charge is 0.481 e. The third-order valence-corrected chi connectivity index (χ3v) is 5.36. The Labute approximate surface area is 125 Å². The van der Waals surface area contributed by atoms with E-state index in [1.165, 1.54) is 19.3 Å². The molecule has 0 aromatic rings. The maximum atomic E-state index is 12.2. The number of fused-ring (bicyclic) bond motifs is 2. The van der Waals surface area contributed by atoms with Crippen molar-refractivity contribution in [2.75, 3.05) is 19.6 Å². The molecular formula is C16H24N2O3. The summed E-state index contributed by atoms with van der Waals surface area (Å²) in [5.74, 6) is 0.902. The van der Waals surface area contributed by atoms with Crippen molar-refractivity contribution >= 4 is 12.0 Å². The average molecular weight is 292 g/mol. The summed E-state index contributed by atoms with van der Waals surface area (Å²) >= 11 is 0. The van der Waals surface area contributed by atoms with Gasteiger partial charge in [-0.2, -0.15) is 0 Å². The zero-order chi connectivity index (χ0) is 14.8. The van der Waals surface area contributed by atoms with Crippen LogP contribution in [0.5, 0.6) is 0 Å². The van der Waals surface area contributed by atoms with Crippen LogP contribution in [0.15, 0.2) is 12.2 Å². The molecule has 0 radical (unpaired) electrons. The molecule has 2 bridgehead atoms. The van der Waals surface area contributed by atoms with Crippen molar-refractivity contribution in [1.82, 2.24) is 10.2 Å². The summed E-state index contributed by atoms with van der Waals surface area (Å²) in [7, 11) is 0. The van der Waals surface area contributed by atoms with Crippen LogP contribution in [0.1, 0.15) is 32.1 Å². The molecule has 1 saturated carbocycles. The van der Waals surface area contributed by atoms with Crippen molar-refractivity contribution in [3.8, 4) is 0 Å². The fourth-order valence-corrected chi connectivity index (χ4v) is 3.95. The van der Waals surface area contributed by atoms with Gasteiger partial charge in [-0.3, -0.25) is 4.79 Å². The number of hydrogen-bond donors (Lipinski definition) is 2. The minimum absolute atomic E-state index is 0.0238. The molecule has 0 aromatic heterocycles. The van der Waals surface area contributed by atoms with Crippen molar-refractivity contribution in [2.45, 2.75) is 32.1 Å². The molecule has 1 aliphatic heterocycles. The predicted molar refractivity (Wildman–Crippen MR) is 78.8 cm³/mol. The molecule has 0 aromatic carbocycles. The molecule has 21 heavy (non-hydrogen) atoms. The Hall–Kier alpha value is -1.52. The van der Waals surface area contributed by atoms with Crippen LogP contribution in [0.4, 0.5) is 4.79 Å². The third kappa shape index (κ3) is 3.22.